The van der Waals surface area contributed by atoms with Crippen molar-refractivity contribution in [3.63, 3.8) is 0 Å². The molecule has 0 unspecified atom stereocenters. The Hall–Kier alpha value is -1.11. The van der Waals surface area contributed by atoms with Crippen LogP contribution in [0.3, 0.4) is 0 Å². The van der Waals surface area contributed by atoms with Crippen molar-refractivity contribution in [2.45, 2.75) is 26.2 Å². The average molecular weight is 265 g/mol. The van der Waals surface area contributed by atoms with Crippen LogP contribution in [-0.4, -0.2) is 45.5 Å². The quantitative estimate of drug-likeness (QED) is 0.488. The molecule has 0 aromatic rings. The van der Waals surface area contributed by atoms with Gasteiger partial charge < -0.3 is 10.1 Å². The Labute approximate surface area is 102 Å². The van der Waals surface area contributed by atoms with Crippen molar-refractivity contribution < 1.29 is 22.7 Å². The second-order valence-corrected chi connectivity index (χ2v) is 5.90. The molecule has 0 aliphatic rings. The highest BCUT2D eigenvalue weighted by Gasteiger charge is 2.07. The first-order valence-electron chi connectivity index (χ1n) is 5.45. The summed E-state index contributed by atoms with van der Waals surface area (Å²) in [7, 11) is -2.98. The van der Waals surface area contributed by atoms with Gasteiger partial charge in [0, 0.05) is 19.2 Å². The number of rotatable bonds is 8. The molecule has 0 aromatic heterocycles. The molecule has 17 heavy (non-hydrogen) atoms. The highest BCUT2D eigenvalue weighted by Crippen LogP contribution is 1.93. The molecule has 0 aliphatic carbocycles. The number of amides is 1. The fourth-order valence-electron chi connectivity index (χ4n) is 1.10. The predicted octanol–water partition coefficient (Wildman–Crippen LogP) is -0.119. The Kier molecular flexibility index (Phi) is 7.53. The molecule has 1 amide bonds. The van der Waals surface area contributed by atoms with E-state index in [-0.39, 0.29) is 24.5 Å². The molecular formula is C10H19NO5S. The van der Waals surface area contributed by atoms with Gasteiger partial charge in [-0.05, 0) is 13.3 Å². The van der Waals surface area contributed by atoms with E-state index in [4.69, 9.17) is 0 Å². The molecule has 0 heterocycles. The molecule has 0 bridgehead atoms. The number of hydrogen-bond acceptors (Lipinski definition) is 5. The van der Waals surface area contributed by atoms with Gasteiger partial charge in [-0.15, -0.1) is 0 Å². The first kappa shape index (κ1) is 15.9. The van der Waals surface area contributed by atoms with Crippen LogP contribution in [0.5, 0.6) is 0 Å². The minimum Gasteiger partial charge on any atom is -0.466 e. The van der Waals surface area contributed by atoms with E-state index in [0.717, 1.165) is 6.26 Å². The summed E-state index contributed by atoms with van der Waals surface area (Å²) in [4.78, 5) is 22.1. The monoisotopic (exact) mass is 265 g/mol. The van der Waals surface area contributed by atoms with Crippen LogP contribution in [0, 0.1) is 0 Å². The summed E-state index contributed by atoms with van der Waals surface area (Å²) in [5, 5.41) is 2.54. The van der Waals surface area contributed by atoms with Crippen LogP contribution in [-0.2, 0) is 24.2 Å². The summed E-state index contributed by atoms with van der Waals surface area (Å²) in [6.07, 6.45) is 1.64. The molecule has 0 aliphatic heterocycles. The number of ether oxygens (including phenoxy) is 1. The third-order valence-corrected chi connectivity index (χ3v) is 2.91. The molecule has 1 N–H and O–H groups in total. The van der Waals surface area contributed by atoms with Gasteiger partial charge in [0.05, 0.1) is 18.8 Å². The van der Waals surface area contributed by atoms with E-state index >= 15 is 0 Å². The van der Waals surface area contributed by atoms with E-state index in [1.165, 1.54) is 0 Å². The van der Waals surface area contributed by atoms with Crippen molar-refractivity contribution >= 4 is 21.7 Å². The molecule has 0 radical (unpaired) electrons. The van der Waals surface area contributed by atoms with E-state index in [0.29, 0.717) is 19.6 Å². The Bertz CT molecular complexity index is 350. The third-order valence-electron chi connectivity index (χ3n) is 1.88. The summed E-state index contributed by atoms with van der Waals surface area (Å²) in [5.41, 5.74) is 0. The molecule has 6 nitrogen and oxygen atoms in total. The van der Waals surface area contributed by atoms with Crippen LogP contribution in [0.4, 0.5) is 0 Å². The second-order valence-electron chi connectivity index (χ2n) is 3.64. The maximum atomic E-state index is 11.2. The van der Waals surface area contributed by atoms with Gasteiger partial charge in [0.2, 0.25) is 5.91 Å². The molecule has 0 atom stereocenters. The molecule has 0 rings (SSSR count). The molecule has 0 saturated carbocycles. The van der Waals surface area contributed by atoms with Gasteiger partial charge in [-0.1, -0.05) is 0 Å². The number of carbonyl (C=O) groups excluding carboxylic acids is 2. The maximum absolute atomic E-state index is 11.2. The van der Waals surface area contributed by atoms with Gasteiger partial charge in [0.1, 0.15) is 9.84 Å². The van der Waals surface area contributed by atoms with Crippen molar-refractivity contribution in [2.24, 2.45) is 0 Å². The minimum absolute atomic E-state index is 0.0468. The van der Waals surface area contributed by atoms with Crippen molar-refractivity contribution in [3.8, 4) is 0 Å². The first-order valence-corrected chi connectivity index (χ1v) is 7.51. The lowest BCUT2D eigenvalue weighted by molar-refractivity contribution is -0.144. The van der Waals surface area contributed by atoms with Crippen LogP contribution < -0.4 is 5.32 Å². The molecule has 0 aromatic carbocycles. The second kappa shape index (κ2) is 8.05. The summed E-state index contributed by atoms with van der Waals surface area (Å²) in [6.45, 7) is 2.30. The van der Waals surface area contributed by atoms with Crippen molar-refractivity contribution in [1.82, 2.24) is 5.32 Å². The maximum Gasteiger partial charge on any atom is 0.306 e. The standard InChI is InChI=1S/C10H19NO5S/c1-3-16-10(13)6-5-9(12)11-7-4-8-17(2,14)15/h3-8H2,1-2H3,(H,11,12). The first-order chi connectivity index (χ1) is 7.85. The van der Waals surface area contributed by atoms with Gasteiger partial charge >= 0.3 is 5.97 Å². The van der Waals surface area contributed by atoms with Crippen molar-refractivity contribution in [1.29, 1.82) is 0 Å². The lowest BCUT2D eigenvalue weighted by Gasteiger charge is -2.04. The summed E-state index contributed by atoms with van der Waals surface area (Å²) >= 11 is 0. The molecule has 7 heteroatoms. The number of nitrogens with one attached hydrogen (secondary N) is 1. The Morgan fingerprint density at radius 2 is 1.88 bits per heavy atom. The highest BCUT2D eigenvalue weighted by atomic mass is 32.2. The van der Waals surface area contributed by atoms with Crippen LogP contribution >= 0.6 is 0 Å². The van der Waals surface area contributed by atoms with E-state index in [1.807, 2.05) is 0 Å². The van der Waals surface area contributed by atoms with Gasteiger partial charge in [-0.2, -0.15) is 0 Å². The fraction of sp³-hybridized carbons (Fsp3) is 0.800. The van der Waals surface area contributed by atoms with E-state index in [9.17, 15) is 18.0 Å². The van der Waals surface area contributed by atoms with E-state index in [2.05, 4.69) is 10.1 Å². The molecule has 0 saturated heterocycles. The van der Waals surface area contributed by atoms with Crippen LogP contribution in [0.25, 0.3) is 0 Å². The van der Waals surface area contributed by atoms with Crippen LogP contribution in [0.1, 0.15) is 26.2 Å². The van der Waals surface area contributed by atoms with Crippen molar-refractivity contribution in [2.75, 3.05) is 25.2 Å². The Morgan fingerprint density at radius 1 is 1.24 bits per heavy atom. The topological polar surface area (TPSA) is 89.5 Å². The lowest BCUT2D eigenvalue weighted by Crippen LogP contribution is -2.26. The largest absolute Gasteiger partial charge is 0.466 e. The summed E-state index contributed by atoms with van der Waals surface area (Å²) < 4.78 is 26.2. The Morgan fingerprint density at radius 3 is 2.41 bits per heavy atom. The van der Waals surface area contributed by atoms with E-state index in [1.54, 1.807) is 6.92 Å². The molecule has 0 fully saturated rings. The molecular weight excluding hydrogens is 246 g/mol. The zero-order chi connectivity index (χ0) is 13.3. The minimum atomic E-state index is -2.98. The normalized spacial score (nSPS) is 10.9. The van der Waals surface area contributed by atoms with Crippen LogP contribution in [0.2, 0.25) is 0 Å². The SMILES string of the molecule is CCOC(=O)CCC(=O)NCCCS(C)(=O)=O. The number of sulfone groups is 1. The zero-order valence-corrected chi connectivity index (χ0v) is 11.0. The van der Waals surface area contributed by atoms with Crippen molar-refractivity contribution in [3.05, 3.63) is 0 Å². The van der Waals surface area contributed by atoms with Gasteiger partial charge in [0.25, 0.3) is 0 Å². The average Bonchev–Trinajstić information content (AvgIpc) is 2.21. The molecule has 0 spiro atoms. The lowest BCUT2D eigenvalue weighted by atomic mass is 10.3. The summed E-state index contributed by atoms with van der Waals surface area (Å²) in [5.74, 6) is -0.629. The van der Waals surface area contributed by atoms with Gasteiger partial charge in [-0.25, -0.2) is 8.42 Å². The summed E-state index contributed by atoms with van der Waals surface area (Å²) in [6, 6.07) is 0. The zero-order valence-electron chi connectivity index (χ0n) is 10.2. The van der Waals surface area contributed by atoms with E-state index < -0.39 is 15.8 Å². The van der Waals surface area contributed by atoms with Crippen LogP contribution in [0.15, 0.2) is 0 Å². The van der Waals surface area contributed by atoms with Gasteiger partial charge in [-0.3, -0.25) is 9.59 Å². The molecule has 100 valence electrons. The highest BCUT2D eigenvalue weighted by molar-refractivity contribution is 7.90. The smallest absolute Gasteiger partial charge is 0.306 e. The fourth-order valence-corrected chi connectivity index (χ4v) is 1.77. The number of esters is 1. The Balaban J connectivity index is 3.57. The third kappa shape index (κ3) is 11.2. The van der Waals surface area contributed by atoms with Gasteiger partial charge in [0.15, 0.2) is 0 Å². The number of hydrogen-bond donors (Lipinski definition) is 1. The predicted molar refractivity (Wildman–Crippen MR) is 63.2 cm³/mol. The number of carbonyl (C=O) groups is 2.